The maximum absolute atomic E-state index is 12.3. The molecule has 0 aromatic heterocycles. The van der Waals surface area contributed by atoms with Gasteiger partial charge in [-0.1, -0.05) is 12.1 Å². The number of carbonyl (C=O) groups is 1. The van der Waals surface area contributed by atoms with Gasteiger partial charge in [-0.15, -0.1) is 0 Å². The minimum Gasteiger partial charge on any atom is -0.496 e. The maximum Gasteiger partial charge on any atom is 0.169 e. The van der Waals surface area contributed by atoms with E-state index in [1.54, 1.807) is 7.11 Å². The van der Waals surface area contributed by atoms with Crippen LogP contribution in [0.15, 0.2) is 24.3 Å². The molecule has 0 spiro atoms. The summed E-state index contributed by atoms with van der Waals surface area (Å²) in [7, 11) is 1.58. The van der Waals surface area contributed by atoms with Gasteiger partial charge in [-0.3, -0.25) is 4.79 Å². The first-order chi connectivity index (χ1) is 8.22. The third kappa shape index (κ3) is 2.67. The quantitative estimate of drug-likeness (QED) is 0.817. The molecule has 0 bridgehead atoms. The lowest BCUT2D eigenvalue weighted by Crippen LogP contribution is -2.24. The average molecular weight is 234 g/mol. The van der Waals surface area contributed by atoms with Crippen LogP contribution in [0.2, 0.25) is 0 Å². The van der Waals surface area contributed by atoms with E-state index in [1.165, 1.54) is 0 Å². The normalized spacial score (nSPS) is 24.4. The Bertz CT molecular complexity index is 392. The lowest BCUT2D eigenvalue weighted by molar-refractivity contribution is 0.0762. The second kappa shape index (κ2) is 5.32. The highest BCUT2D eigenvalue weighted by atomic mass is 16.5. The fourth-order valence-electron chi connectivity index (χ4n) is 2.41. The van der Waals surface area contributed by atoms with Crippen LogP contribution in [0.25, 0.3) is 0 Å². The molecular weight excluding hydrogens is 216 g/mol. The van der Waals surface area contributed by atoms with Gasteiger partial charge in [-0.2, -0.15) is 0 Å². The number of methoxy groups -OCH3 is 1. The topological polar surface area (TPSA) is 46.5 Å². The molecule has 1 aliphatic rings. The molecule has 0 heterocycles. The van der Waals surface area contributed by atoms with Crippen molar-refractivity contribution in [3.05, 3.63) is 29.8 Å². The van der Waals surface area contributed by atoms with Crippen molar-refractivity contribution >= 4 is 5.78 Å². The van der Waals surface area contributed by atoms with Crippen molar-refractivity contribution in [1.82, 2.24) is 0 Å². The van der Waals surface area contributed by atoms with Crippen LogP contribution < -0.4 is 4.74 Å². The van der Waals surface area contributed by atoms with Gasteiger partial charge in [-0.25, -0.2) is 0 Å². The van der Waals surface area contributed by atoms with E-state index in [1.807, 2.05) is 24.3 Å². The number of ether oxygens (including phenoxy) is 1. The number of Topliss-reactive ketones (excluding diaryl/α,β-unsaturated/α-hetero) is 1. The minimum absolute atomic E-state index is 0.0368. The fraction of sp³-hybridized carbons (Fsp3) is 0.500. The molecule has 0 unspecified atom stereocenters. The number of carbonyl (C=O) groups excluding carboxylic acids is 1. The molecule has 3 nitrogen and oxygen atoms in total. The summed E-state index contributed by atoms with van der Waals surface area (Å²) in [4.78, 5) is 12.3. The summed E-state index contributed by atoms with van der Waals surface area (Å²) in [5, 5.41) is 9.44. The monoisotopic (exact) mass is 234 g/mol. The van der Waals surface area contributed by atoms with Gasteiger partial charge in [0.25, 0.3) is 0 Å². The Labute approximate surface area is 101 Å². The second-order valence-electron chi connectivity index (χ2n) is 4.57. The van der Waals surface area contributed by atoms with Crippen LogP contribution in [0.1, 0.15) is 36.0 Å². The predicted octanol–water partition coefficient (Wildman–Crippen LogP) is 2.43. The van der Waals surface area contributed by atoms with E-state index >= 15 is 0 Å². The van der Waals surface area contributed by atoms with Crippen molar-refractivity contribution in [2.75, 3.05) is 7.11 Å². The number of rotatable bonds is 3. The molecule has 2 rings (SSSR count). The first kappa shape index (κ1) is 12.1. The number of aliphatic hydroxyl groups excluding tert-OH is 1. The zero-order valence-electron chi connectivity index (χ0n) is 10.1. The number of para-hydroxylation sites is 1. The minimum atomic E-state index is -0.225. The lowest BCUT2D eigenvalue weighted by atomic mass is 9.82. The molecule has 92 valence electrons. The molecule has 1 saturated carbocycles. The number of hydrogen-bond acceptors (Lipinski definition) is 3. The molecule has 1 N–H and O–H groups in total. The summed E-state index contributed by atoms with van der Waals surface area (Å²) < 4.78 is 5.21. The highest BCUT2D eigenvalue weighted by Gasteiger charge is 2.27. The molecule has 0 atom stereocenters. The third-order valence-electron chi connectivity index (χ3n) is 3.44. The second-order valence-corrected chi connectivity index (χ2v) is 4.57. The van der Waals surface area contributed by atoms with Crippen LogP contribution in [0.3, 0.4) is 0 Å². The Morgan fingerprint density at radius 2 is 1.88 bits per heavy atom. The largest absolute Gasteiger partial charge is 0.496 e. The van der Waals surface area contributed by atoms with Crippen LogP contribution in [-0.4, -0.2) is 24.1 Å². The Balaban J connectivity index is 2.14. The summed E-state index contributed by atoms with van der Waals surface area (Å²) in [5.41, 5.74) is 0.663. The first-order valence-electron chi connectivity index (χ1n) is 6.07. The zero-order valence-corrected chi connectivity index (χ0v) is 10.1. The van der Waals surface area contributed by atoms with Crippen molar-refractivity contribution in [2.24, 2.45) is 5.92 Å². The van der Waals surface area contributed by atoms with E-state index in [-0.39, 0.29) is 17.8 Å². The van der Waals surface area contributed by atoms with Gasteiger partial charge in [0.05, 0.1) is 18.8 Å². The molecule has 1 aromatic carbocycles. The Kier molecular flexibility index (Phi) is 3.79. The van der Waals surface area contributed by atoms with E-state index < -0.39 is 0 Å². The predicted molar refractivity (Wildman–Crippen MR) is 65.3 cm³/mol. The summed E-state index contributed by atoms with van der Waals surface area (Å²) in [6.07, 6.45) is 2.78. The van der Waals surface area contributed by atoms with Gasteiger partial charge in [0.15, 0.2) is 5.78 Å². The average Bonchev–Trinajstić information content (AvgIpc) is 2.39. The number of hydrogen-bond donors (Lipinski definition) is 1. The standard InChI is InChI=1S/C14H18O3/c1-17-13-5-3-2-4-12(13)14(16)10-6-8-11(15)9-7-10/h2-5,10-11,15H,6-9H2,1H3. The number of benzene rings is 1. The molecule has 0 saturated heterocycles. The van der Waals surface area contributed by atoms with E-state index in [0.717, 1.165) is 25.7 Å². The molecule has 0 radical (unpaired) electrons. The Hall–Kier alpha value is -1.35. The van der Waals surface area contributed by atoms with Crippen LogP contribution in [0, 0.1) is 5.92 Å². The lowest BCUT2D eigenvalue weighted by Gasteiger charge is -2.24. The van der Waals surface area contributed by atoms with Gasteiger partial charge in [-0.05, 0) is 37.8 Å². The Morgan fingerprint density at radius 1 is 1.24 bits per heavy atom. The SMILES string of the molecule is COc1ccccc1C(=O)C1CCC(O)CC1. The van der Waals surface area contributed by atoms with E-state index in [9.17, 15) is 9.90 Å². The van der Waals surface area contributed by atoms with E-state index in [0.29, 0.717) is 11.3 Å². The van der Waals surface area contributed by atoms with Crippen molar-refractivity contribution < 1.29 is 14.6 Å². The third-order valence-corrected chi connectivity index (χ3v) is 3.44. The van der Waals surface area contributed by atoms with Crippen molar-refractivity contribution in [1.29, 1.82) is 0 Å². The van der Waals surface area contributed by atoms with E-state index in [2.05, 4.69) is 0 Å². The molecular formula is C14H18O3. The highest BCUT2D eigenvalue weighted by molar-refractivity contribution is 6.00. The molecule has 17 heavy (non-hydrogen) atoms. The van der Waals surface area contributed by atoms with Gasteiger partial charge < -0.3 is 9.84 Å². The number of ketones is 1. The molecule has 0 aliphatic heterocycles. The van der Waals surface area contributed by atoms with Crippen molar-refractivity contribution in [2.45, 2.75) is 31.8 Å². The molecule has 0 amide bonds. The first-order valence-corrected chi connectivity index (χ1v) is 6.07. The van der Waals surface area contributed by atoms with Crippen molar-refractivity contribution in [3.63, 3.8) is 0 Å². The summed E-state index contributed by atoms with van der Waals surface area (Å²) in [6, 6.07) is 7.34. The van der Waals surface area contributed by atoms with Crippen LogP contribution in [0.5, 0.6) is 5.75 Å². The summed E-state index contributed by atoms with van der Waals surface area (Å²) in [5.74, 6) is 0.827. The smallest absolute Gasteiger partial charge is 0.169 e. The van der Waals surface area contributed by atoms with E-state index in [4.69, 9.17) is 4.74 Å². The van der Waals surface area contributed by atoms with Gasteiger partial charge in [0, 0.05) is 5.92 Å². The Morgan fingerprint density at radius 3 is 2.53 bits per heavy atom. The molecule has 1 aliphatic carbocycles. The summed E-state index contributed by atoms with van der Waals surface area (Å²) >= 11 is 0. The van der Waals surface area contributed by atoms with Crippen LogP contribution in [0.4, 0.5) is 0 Å². The van der Waals surface area contributed by atoms with Gasteiger partial charge in [0.1, 0.15) is 5.75 Å². The zero-order chi connectivity index (χ0) is 12.3. The summed E-state index contributed by atoms with van der Waals surface area (Å²) in [6.45, 7) is 0. The molecule has 1 fully saturated rings. The van der Waals surface area contributed by atoms with Crippen LogP contribution in [-0.2, 0) is 0 Å². The van der Waals surface area contributed by atoms with Crippen molar-refractivity contribution in [3.8, 4) is 5.75 Å². The number of aliphatic hydroxyl groups is 1. The maximum atomic E-state index is 12.3. The highest BCUT2D eigenvalue weighted by Crippen LogP contribution is 2.30. The van der Waals surface area contributed by atoms with Gasteiger partial charge >= 0.3 is 0 Å². The molecule has 3 heteroatoms. The van der Waals surface area contributed by atoms with Gasteiger partial charge in [0.2, 0.25) is 0 Å². The fourth-order valence-corrected chi connectivity index (χ4v) is 2.41. The van der Waals surface area contributed by atoms with Crippen LogP contribution >= 0.6 is 0 Å². The molecule has 1 aromatic rings.